The molecular formula is C38H32. The van der Waals surface area contributed by atoms with E-state index < -0.39 is 0 Å². The summed E-state index contributed by atoms with van der Waals surface area (Å²) in [5, 5.41) is 5.42. The maximum Gasteiger partial charge on any atom is -0.000731 e. The number of rotatable bonds is 2. The van der Waals surface area contributed by atoms with Crippen LogP contribution in [0, 0.1) is 41.5 Å². The number of hydrogen-bond acceptors (Lipinski definition) is 0. The van der Waals surface area contributed by atoms with Crippen LogP contribution in [0.1, 0.15) is 33.4 Å². The fourth-order valence-electron chi connectivity index (χ4n) is 6.86. The molecule has 0 nitrogen and oxygen atoms in total. The summed E-state index contributed by atoms with van der Waals surface area (Å²) in [6, 6.07) is 32.5. The zero-order valence-electron chi connectivity index (χ0n) is 23.1. The van der Waals surface area contributed by atoms with E-state index in [0.29, 0.717) is 0 Å². The molecule has 1 aliphatic carbocycles. The Kier molecular flexibility index (Phi) is 4.94. The Balaban J connectivity index is 1.78. The van der Waals surface area contributed by atoms with E-state index in [-0.39, 0.29) is 0 Å². The summed E-state index contributed by atoms with van der Waals surface area (Å²) in [5.41, 5.74) is 18.8. The number of aryl methyl sites for hydroxylation is 6. The number of benzene rings is 6. The van der Waals surface area contributed by atoms with Gasteiger partial charge in [-0.15, -0.1) is 0 Å². The zero-order valence-corrected chi connectivity index (χ0v) is 23.1. The second kappa shape index (κ2) is 8.17. The van der Waals surface area contributed by atoms with E-state index in [4.69, 9.17) is 0 Å². The molecule has 0 radical (unpaired) electrons. The summed E-state index contributed by atoms with van der Waals surface area (Å²) in [4.78, 5) is 0. The van der Waals surface area contributed by atoms with Crippen LogP contribution in [0.25, 0.3) is 66.1 Å². The van der Waals surface area contributed by atoms with Crippen molar-refractivity contribution in [1.29, 1.82) is 0 Å². The van der Waals surface area contributed by atoms with Crippen molar-refractivity contribution >= 4 is 21.5 Å². The average molecular weight is 489 g/mol. The van der Waals surface area contributed by atoms with Gasteiger partial charge in [0.15, 0.2) is 0 Å². The zero-order chi connectivity index (χ0) is 26.3. The van der Waals surface area contributed by atoms with E-state index in [2.05, 4.69) is 126 Å². The fourth-order valence-corrected chi connectivity index (χ4v) is 6.86. The average Bonchev–Trinajstić information content (AvgIpc) is 3.21. The third-order valence-corrected chi connectivity index (χ3v) is 8.56. The molecule has 38 heavy (non-hydrogen) atoms. The SMILES string of the molecule is Cc1ccc(-c2c3c(c(-c4ccc(C)cc4C)c4cc(C)ccc24)-c2ccc(C)c4cccc-3c24)c(C)c1. The molecule has 0 bridgehead atoms. The normalized spacial score (nSPS) is 11.9. The summed E-state index contributed by atoms with van der Waals surface area (Å²) in [6.07, 6.45) is 0. The summed E-state index contributed by atoms with van der Waals surface area (Å²) in [5.74, 6) is 0. The van der Waals surface area contributed by atoms with Gasteiger partial charge in [-0.2, -0.15) is 0 Å². The van der Waals surface area contributed by atoms with Crippen LogP contribution in [0.2, 0.25) is 0 Å². The standard InChI is InChI=1S/C38H32/c1-21-10-14-28(25(5)18-21)35-30-16-12-23(3)20-33(30)36(29-15-11-22(2)19-26(29)6)38-32-17-13-24(4)27-8-7-9-31(34(27)32)37(35)38/h7-20H,1-6H3. The molecule has 6 aromatic carbocycles. The van der Waals surface area contributed by atoms with Gasteiger partial charge in [0.1, 0.15) is 0 Å². The third kappa shape index (κ3) is 3.16. The van der Waals surface area contributed by atoms with Gasteiger partial charge in [0.2, 0.25) is 0 Å². The van der Waals surface area contributed by atoms with Crippen LogP contribution in [0.15, 0.2) is 84.9 Å². The lowest BCUT2D eigenvalue weighted by Gasteiger charge is -2.23. The Morgan fingerprint density at radius 2 is 0.868 bits per heavy atom. The molecule has 0 saturated heterocycles. The van der Waals surface area contributed by atoms with E-state index in [1.807, 2.05) is 0 Å². The maximum atomic E-state index is 2.41. The van der Waals surface area contributed by atoms with Crippen molar-refractivity contribution < 1.29 is 0 Å². The lowest BCUT2D eigenvalue weighted by Crippen LogP contribution is -1.97. The molecule has 0 N–H and O–H groups in total. The van der Waals surface area contributed by atoms with Gasteiger partial charge in [-0.1, -0.05) is 102 Å². The number of fused-ring (bicyclic) bond motifs is 4. The van der Waals surface area contributed by atoms with Crippen molar-refractivity contribution in [2.24, 2.45) is 0 Å². The molecule has 0 fully saturated rings. The Morgan fingerprint density at radius 3 is 1.50 bits per heavy atom. The smallest absolute Gasteiger partial charge is 0.000731 e. The molecule has 0 spiro atoms. The van der Waals surface area contributed by atoms with E-state index in [9.17, 15) is 0 Å². The minimum absolute atomic E-state index is 1.29. The lowest BCUT2D eigenvalue weighted by molar-refractivity contribution is 1.38. The monoisotopic (exact) mass is 488 g/mol. The van der Waals surface area contributed by atoms with E-state index in [1.165, 1.54) is 99.4 Å². The highest BCUT2D eigenvalue weighted by atomic mass is 14.3. The van der Waals surface area contributed by atoms with Crippen LogP contribution in [0.5, 0.6) is 0 Å². The molecule has 0 heterocycles. The Bertz CT molecular complexity index is 1970. The molecule has 0 saturated carbocycles. The predicted octanol–water partition coefficient (Wildman–Crippen LogP) is 10.8. The van der Waals surface area contributed by atoms with E-state index in [0.717, 1.165) is 0 Å². The molecule has 0 unspecified atom stereocenters. The summed E-state index contributed by atoms with van der Waals surface area (Å²) < 4.78 is 0. The van der Waals surface area contributed by atoms with Crippen molar-refractivity contribution in [2.75, 3.05) is 0 Å². The molecule has 0 atom stereocenters. The second-order valence-corrected chi connectivity index (χ2v) is 11.3. The van der Waals surface area contributed by atoms with Crippen molar-refractivity contribution in [3.05, 3.63) is 118 Å². The summed E-state index contributed by atoms with van der Waals surface area (Å²) in [7, 11) is 0. The Labute approximate surface area is 225 Å². The minimum Gasteiger partial charge on any atom is -0.0610 e. The molecule has 6 aromatic rings. The van der Waals surface area contributed by atoms with Gasteiger partial charge in [0, 0.05) is 0 Å². The molecule has 0 aliphatic heterocycles. The van der Waals surface area contributed by atoms with Crippen LogP contribution < -0.4 is 0 Å². The molecule has 7 rings (SSSR count). The van der Waals surface area contributed by atoms with Crippen LogP contribution >= 0.6 is 0 Å². The van der Waals surface area contributed by atoms with E-state index >= 15 is 0 Å². The predicted molar refractivity (Wildman–Crippen MR) is 165 cm³/mol. The fraction of sp³-hybridized carbons (Fsp3) is 0.158. The van der Waals surface area contributed by atoms with Crippen LogP contribution in [-0.2, 0) is 0 Å². The number of hydrogen-bond donors (Lipinski definition) is 0. The molecule has 0 amide bonds. The first-order valence-corrected chi connectivity index (χ1v) is 13.6. The first-order chi connectivity index (χ1) is 18.3. The van der Waals surface area contributed by atoms with Gasteiger partial charge >= 0.3 is 0 Å². The first-order valence-electron chi connectivity index (χ1n) is 13.6. The molecule has 0 heteroatoms. The summed E-state index contributed by atoms with van der Waals surface area (Å²) >= 11 is 0. The highest BCUT2D eigenvalue weighted by Gasteiger charge is 2.31. The Hall–Kier alpha value is -4.16. The van der Waals surface area contributed by atoms with Gasteiger partial charge in [-0.25, -0.2) is 0 Å². The van der Waals surface area contributed by atoms with Gasteiger partial charge in [-0.3, -0.25) is 0 Å². The molecular weight excluding hydrogens is 456 g/mol. The maximum absolute atomic E-state index is 2.41. The second-order valence-electron chi connectivity index (χ2n) is 11.3. The van der Waals surface area contributed by atoms with Crippen molar-refractivity contribution in [3.8, 4) is 44.5 Å². The molecule has 184 valence electrons. The Morgan fingerprint density at radius 1 is 0.342 bits per heavy atom. The minimum atomic E-state index is 1.29. The first kappa shape index (κ1) is 23.0. The molecule has 1 aliphatic rings. The lowest BCUT2D eigenvalue weighted by atomic mass is 9.80. The van der Waals surface area contributed by atoms with E-state index in [1.54, 1.807) is 0 Å². The topological polar surface area (TPSA) is 0 Å². The highest BCUT2D eigenvalue weighted by Crippen LogP contribution is 2.58. The molecule has 0 aromatic heterocycles. The van der Waals surface area contributed by atoms with Crippen LogP contribution in [0.3, 0.4) is 0 Å². The third-order valence-electron chi connectivity index (χ3n) is 8.56. The van der Waals surface area contributed by atoms with Crippen LogP contribution in [-0.4, -0.2) is 0 Å². The van der Waals surface area contributed by atoms with Crippen molar-refractivity contribution in [2.45, 2.75) is 41.5 Å². The van der Waals surface area contributed by atoms with Crippen molar-refractivity contribution in [3.63, 3.8) is 0 Å². The van der Waals surface area contributed by atoms with Gasteiger partial charge in [0.25, 0.3) is 0 Å². The summed E-state index contributed by atoms with van der Waals surface area (Å²) in [6.45, 7) is 13.4. The van der Waals surface area contributed by atoms with Gasteiger partial charge in [-0.05, 0) is 124 Å². The van der Waals surface area contributed by atoms with Crippen LogP contribution in [0.4, 0.5) is 0 Å². The largest absolute Gasteiger partial charge is 0.0610 e. The van der Waals surface area contributed by atoms with Crippen molar-refractivity contribution in [1.82, 2.24) is 0 Å². The highest BCUT2D eigenvalue weighted by molar-refractivity contribution is 6.28. The quantitative estimate of drug-likeness (QED) is 0.227. The van der Waals surface area contributed by atoms with Gasteiger partial charge < -0.3 is 0 Å². The van der Waals surface area contributed by atoms with Gasteiger partial charge in [0.05, 0.1) is 0 Å².